The van der Waals surface area contributed by atoms with Crippen LogP contribution in [0.1, 0.15) is 32.6 Å². The lowest BCUT2D eigenvalue weighted by atomic mass is 9.93. The van der Waals surface area contributed by atoms with Crippen molar-refractivity contribution >= 4 is 39.9 Å². The first-order valence-corrected chi connectivity index (χ1v) is 10.8. The fourth-order valence-corrected chi connectivity index (χ4v) is 4.10. The van der Waals surface area contributed by atoms with Crippen molar-refractivity contribution in [3.63, 3.8) is 0 Å². The Balaban J connectivity index is 1.58. The number of nitrogens with one attached hydrogen (secondary N) is 2. The van der Waals surface area contributed by atoms with E-state index in [1.807, 2.05) is 6.07 Å². The van der Waals surface area contributed by atoms with Gasteiger partial charge in [-0.3, -0.25) is 4.79 Å². The largest absolute Gasteiger partial charge is 0.493 e. The van der Waals surface area contributed by atoms with Gasteiger partial charge >= 0.3 is 0 Å². The number of aromatic nitrogens is 2. The van der Waals surface area contributed by atoms with Crippen LogP contribution in [-0.4, -0.2) is 35.1 Å². The molecule has 1 saturated carbocycles. The fraction of sp³-hybridized carbons (Fsp3) is 0.348. The van der Waals surface area contributed by atoms with Gasteiger partial charge in [0.15, 0.2) is 11.5 Å². The predicted octanol–water partition coefficient (Wildman–Crippen LogP) is 5.00. The van der Waals surface area contributed by atoms with Crippen LogP contribution in [0.15, 0.2) is 36.7 Å². The quantitative estimate of drug-likeness (QED) is 0.540. The molecule has 0 unspecified atom stereocenters. The molecule has 0 bridgehead atoms. The molecule has 1 fully saturated rings. The molecule has 1 heterocycles. The Morgan fingerprint density at radius 1 is 1.12 bits per heavy atom. The zero-order valence-electron chi connectivity index (χ0n) is 17.8. The number of nitrogens with zero attached hydrogens (tertiary/aromatic N) is 2. The van der Waals surface area contributed by atoms with Gasteiger partial charge in [0, 0.05) is 30.1 Å². The third kappa shape index (κ3) is 5.02. The summed E-state index contributed by atoms with van der Waals surface area (Å²) in [6.45, 7) is 1.54. The Labute approximate surface area is 190 Å². The van der Waals surface area contributed by atoms with Gasteiger partial charge in [-0.25, -0.2) is 14.4 Å². The highest BCUT2D eigenvalue weighted by molar-refractivity contribution is 6.31. The standard InChI is InChI=1S/C23H24ClFN4O3/c1-13(30)28-14-3-6-16(7-4-14)32-22-10-17-20(11-21(22)31-2)26-12-27-23(17)29-15-5-8-19(25)18(24)9-15/h5,8-12,14,16H,3-4,6-7H2,1-2H3,(H,28,30)(H,26,27,29). The third-order valence-electron chi connectivity index (χ3n) is 5.48. The van der Waals surface area contributed by atoms with Crippen molar-refractivity contribution in [2.24, 2.45) is 0 Å². The van der Waals surface area contributed by atoms with Gasteiger partial charge in [0.25, 0.3) is 0 Å². The Kier molecular flexibility index (Phi) is 6.60. The van der Waals surface area contributed by atoms with Gasteiger partial charge in [0.05, 0.1) is 23.8 Å². The van der Waals surface area contributed by atoms with Crippen LogP contribution in [0.4, 0.5) is 15.9 Å². The number of rotatable bonds is 6. The van der Waals surface area contributed by atoms with Crippen molar-refractivity contribution in [2.45, 2.75) is 44.8 Å². The highest BCUT2D eigenvalue weighted by atomic mass is 35.5. The Bertz CT molecular complexity index is 1140. The van der Waals surface area contributed by atoms with Gasteiger partial charge in [-0.2, -0.15) is 0 Å². The molecular formula is C23H24ClFN4O3. The topological polar surface area (TPSA) is 85.4 Å². The van der Waals surface area contributed by atoms with E-state index in [-0.39, 0.29) is 23.1 Å². The first-order chi connectivity index (χ1) is 15.4. The summed E-state index contributed by atoms with van der Waals surface area (Å²) >= 11 is 5.90. The molecule has 0 radical (unpaired) electrons. The molecular weight excluding hydrogens is 435 g/mol. The van der Waals surface area contributed by atoms with Crippen LogP contribution in [0.5, 0.6) is 11.5 Å². The Morgan fingerprint density at radius 3 is 2.59 bits per heavy atom. The van der Waals surface area contributed by atoms with Gasteiger partial charge in [0.1, 0.15) is 18.0 Å². The number of carbonyl (C=O) groups excluding carboxylic acids is 1. The van der Waals surface area contributed by atoms with Crippen LogP contribution in [0.3, 0.4) is 0 Å². The molecule has 1 aliphatic rings. The van der Waals surface area contributed by atoms with Crippen molar-refractivity contribution in [3.05, 3.63) is 47.5 Å². The number of hydrogen-bond donors (Lipinski definition) is 2. The van der Waals surface area contributed by atoms with E-state index in [4.69, 9.17) is 21.1 Å². The summed E-state index contributed by atoms with van der Waals surface area (Å²) in [5.41, 5.74) is 1.28. The van der Waals surface area contributed by atoms with Crippen LogP contribution in [0, 0.1) is 5.82 Å². The minimum Gasteiger partial charge on any atom is -0.493 e. The Morgan fingerprint density at radius 2 is 1.91 bits per heavy atom. The Hall–Kier alpha value is -3.13. The molecule has 3 aromatic rings. The van der Waals surface area contributed by atoms with Gasteiger partial charge in [-0.05, 0) is 49.9 Å². The first kappa shape index (κ1) is 22.1. The SMILES string of the molecule is COc1cc2ncnc(Nc3ccc(F)c(Cl)c3)c2cc1OC1CCC(NC(C)=O)CC1. The first-order valence-electron chi connectivity index (χ1n) is 10.4. The molecule has 32 heavy (non-hydrogen) atoms. The number of methoxy groups -OCH3 is 1. The molecule has 2 N–H and O–H groups in total. The van der Waals surface area contributed by atoms with E-state index in [2.05, 4.69) is 20.6 Å². The van der Waals surface area contributed by atoms with Crippen LogP contribution in [0.2, 0.25) is 5.02 Å². The summed E-state index contributed by atoms with van der Waals surface area (Å²) in [6, 6.07) is 8.23. The van der Waals surface area contributed by atoms with Crippen molar-refractivity contribution < 1.29 is 18.7 Å². The summed E-state index contributed by atoms with van der Waals surface area (Å²) in [5.74, 6) is 1.22. The van der Waals surface area contributed by atoms with E-state index in [0.29, 0.717) is 28.5 Å². The smallest absolute Gasteiger partial charge is 0.217 e. The number of ether oxygens (including phenoxy) is 2. The second-order valence-corrected chi connectivity index (χ2v) is 8.20. The third-order valence-corrected chi connectivity index (χ3v) is 5.77. The maximum absolute atomic E-state index is 13.5. The molecule has 1 aliphatic carbocycles. The summed E-state index contributed by atoms with van der Waals surface area (Å²) in [7, 11) is 1.59. The zero-order valence-corrected chi connectivity index (χ0v) is 18.6. The van der Waals surface area contributed by atoms with Gasteiger partial charge in [-0.15, -0.1) is 0 Å². The monoisotopic (exact) mass is 458 g/mol. The van der Waals surface area contributed by atoms with E-state index in [1.54, 1.807) is 19.2 Å². The molecule has 0 atom stereocenters. The predicted molar refractivity (Wildman–Crippen MR) is 121 cm³/mol. The molecule has 0 aliphatic heterocycles. The van der Waals surface area contributed by atoms with Crippen LogP contribution >= 0.6 is 11.6 Å². The van der Waals surface area contributed by atoms with Gasteiger partial charge in [0.2, 0.25) is 5.91 Å². The van der Waals surface area contributed by atoms with Crippen molar-refractivity contribution in [1.29, 1.82) is 0 Å². The van der Waals surface area contributed by atoms with Crippen LogP contribution in [0.25, 0.3) is 10.9 Å². The van der Waals surface area contributed by atoms with Gasteiger partial charge < -0.3 is 20.1 Å². The molecule has 168 valence electrons. The van der Waals surface area contributed by atoms with Crippen LogP contribution < -0.4 is 20.1 Å². The number of hydrogen-bond acceptors (Lipinski definition) is 6. The molecule has 9 heteroatoms. The minimum atomic E-state index is -0.488. The maximum Gasteiger partial charge on any atom is 0.217 e. The van der Waals surface area contributed by atoms with Gasteiger partial charge in [-0.1, -0.05) is 11.6 Å². The number of benzene rings is 2. The van der Waals surface area contributed by atoms with E-state index >= 15 is 0 Å². The highest BCUT2D eigenvalue weighted by Gasteiger charge is 2.24. The highest BCUT2D eigenvalue weighted by Crippen LogP contribution is 2.37. The maximum atomic E-state index is 13.5. The number of carbonyl (C=O) groups is 1. The molecule has 2 aromatic carbocycles. The molecule has 0 spiro atoms. The summed E-state index contributed by atoms with van der Waals surface area (Å²) in [4.78, 5) is 20.0. The lowest BCUT2D eigenvalue weighted by Crippen LogP contribution is -2.38. The number of anilines is 2. The average molecular weight is 459 g/mol. The number of halogens is 2. The molecule has 4 rings (SSSR count). The van der Waals surface area contributed by atoms with Crippen LogP contribution in [-0.2, 0) is 4.79 Å². The lowest BCUT2D eigenvalue weighted by Gasteiger charge is -2.29. The molecule has 1 amide bonds. The zero-order chi connectivity index (χ0) is 22.7. The van der Waals surface area contributed by atoms with E-state index < -0.39 is 5.82 Å². The van der Waals surface area contributed by atoms with E-state index in [0.717, 1.165) is 31.1 Å². The second-order valence-electron chi connectivity index (χ2n) is 7.79. The van der Waals surface area contributed by atoms with Crippen molar-refractivity contribution in [3.8, 4) is 11.5 Å². The molecule has 7 nitrogen and oxygen atoms in total. The average Bonchev–Trinajstić information content (AvgIpc) is 2.77. The van der Waals surface area contributed by atoms with Crippen molar-refractivity contribution in [1.82, 2.24) is 15.3 Å². The summed E-state index contributed by atoms with van der Waals surface area (Å²) < 4.78 is 25.3. The van der Waals surface area contributed by atoms with Crippen molar-refractivity contribution in [2.75, 3.05) is 12.4 Å². The van der Waals surface area contributed by atoms with E-state index in [1.165, 1.54) is 25.4 Å². The summed E-state index contributed by atoms with van der Waals surface area (Å²) in [6.07, 6.45) is 4.85. The normalized spacial score (nSPS) is 18.2. The lowest BCUT2D eigenvalue weighted by molar-refractivity contribution is -0.120. The molecule has 1 aromatic heterocycles. The number of amides is 1. The molecule has 0 saturated heterocycles. The second kappa shape index (κ2) is 9.56. The number of fused-ring (bicyclic) bond motifs is 1. The fourth-order valence-electron chi connectivity index (χ4n) is 3.92. The van der Waals surface area contributed by atoms with E-state index in [9.17, 15) is 9.18 Å². The minimum absolute atomic E-state index is 0.00645. The summed E-state index contributed by atoms with van der Waals surface area (Å²) in [5, 5.41) is 6.90.